The van der Waals surface area contributed by atoms with E-state index in [0.29, 0.717) is 26.1 Å². The zero-order valence-electron chi connectivity index (χ0n) is 20.8. The van der Waals surface area contributed by atoms with E-state index in [2.05, 4.69) is 4.98 Å². The largest absolute Gasteiger partial charge is 0.497 e. The fourth-order valence-electron chi connectivity index (χ4n) is 4.52. The van der Waals surface area contributed by atoms with Crippen molar-refractivity contribution in [1.82, 2.24) is 9.88 Å². The van der Waals surface area contributed by atoms with Gasteiger partial charge in [0.1, 0.15) is 30.0 Å². The van der Waals surface area contributed by atoms with E-state index in [4.69, 9.17) is 14.2 Å². The molecule has 186 valence electrons. The third-order valence-corrected chi connectivity index (χ3v) is 7.54. The molecule has 0 saturated carbocycles. The van der Waals surface area contributed by atoms with Gasteiger partial charge in [0.05, 0.1) is 22.3 Å². The molecular formula is C29H30N2O4S. The molecule has 0 radical (unpaired) electrons. The van der Waals surface area contributed by atoms with Crippen LogP contribution in [0.2, 0.25) is 0 Å². The fraction of sp³-hybridized carbons (Fsp3) is 0.310. The zero-order valence-corrected chi connectivity index (χ0v) is 21.6. The predicted octanol–water partition coefficient (Wildman–Crippen LogP) is 6.01. The third-order valence-electron chi connectivity index (χ3n) is 6.54. The summed E-state index contributed by atoms with van der Waals surface area (Å²) in [4.78, 5) is 19.4. The van der Waals surface area contributed by atoms with Crippen LogP contribution in [-0.4, -0.2) is 35.5 Å². The Labute approximate surface area is 215 Å². The number of fused-ring (bicyclic) bond motifs is 1. The van der Waals surface area contributed by atoms with E-state index < -0.39 is 0 Å². The lowest BCUT2D eigenvalue weighted by Crippen LogP contribution is -2.28. The molecule has 1 saturated heterocycles. The quantitative estimate of drug-likeness (QED) is 0.281. The van der Waals surface area contributed by atoms with Crippen LogP contribution in [0.3, 0.4) is 0 Å². The number of hydrogen-bond donors (Lipinski definition) is 0. The van der Waals surface area contributed by atoms with Gasteiger partial charge in [0.25, 0.3) is 0 Å². The van der Waals surface area contributed by atoms with Crippen molar-refractivity contribution in [1.29, 1.82) is 0 Å². The van der Waals surface area contributed by atoms with E-state index in [1.807, 2.05) is 85.5 Å². The summed E-state index contributed by atoms with van der Waals surface area (Å²) < 4.78 is 18.8. The molecule has 3 aromatic carbocycles. The van der Waals surface area contributed by atoms with Crippen LogP contribution >= 0.6 is 11.3 Å². The van der Waals surface area contributed by atoms with Gasteiger partial charge in [-0.25, -0.2) is 4.98 Å². The van der Waals surface area contributed by atoms with Crippen LogP contribution in [0.1, 0.15) is 29.5 Å². The average molecular weight is 503 g/mol. The second kappa shape index (κ2) is 10.6. The molecule has 1 aromatic heterocycles. The molecule has 36 heavy (non-hydrogen) atoms. The van der Waals surface area contributed by atoms with E-state index in [0.717, 1.165) is 43.6 Å². The van der Waals surface area contributed by atoms with Crippen molar-refractivity contribution >= 4 is 27.5 Å². The summed E-state index contributed by atoms with van der Waals surface area (Å²) in [6, 6.07) is 21.9. The molecule has 0 aliphatic carbocycles. The van der Waals surface area contributed by atoms with Crippen molar-refractivity contribution in [2.75, 3.05) is 13.7 Å². The van der Waals surface area contributed by atoms with Gasteiger partial charge < -0.3 is 19.1 Å². The Balaban J connectivity index is 1.28. The van der Waals surface area contributed by atoms with E-state index >= 15 is 0 Å². The predicted molar refractivity (Wildman–Crippen MR) is 142 cm³/mol. The second-order valence-corrected chi connectivity index (χ2v) is 10.4. The first kappa shape index (κ1) is 24.1. The van der Waals surface area contributed by atoms with E-state index in [-0.39, 0.29) is 17.9 Å². The number of rotatable bonds is 9. The minimum absolute atomic E-state index is 0.105. The zero-order chi connectivity index (χ0) is 25.1. The van der Waals surface area contributed by atoms with Crippen molar-refractivity contribution in [3.63, 3.8) is 0 Å². The molecule has 1 aliphatic heterocycles. The number of carbonyl (C=O) groups excluding carboxylic acids is 1. The number of ether oxygens (including phenoxy) is 3. The maximum Gasteiger partial charge on any atom is 0.223 e. The maximum atomic E-state index is 12.8. The number of likely N-dealkylation sites (tertiary alicyclic amines) is 1. The lowest BCUT2D eigenvalue weighted by molar-refractivity contribution is -0.128. The minimum atomic E-state index is -0.134. The smallest absolute Gasteiger partial charge is 0.223 e. The van der Waals surface area contributed by atoms with Crippen LogP contribution in [-0.2, 0) is 17.9 Å². The first-order chi connectivity index (χ1) is 17.5. The molecule has 0 N–H and O–H groups in total. The van der Waals surface area contributed by atoms with Gasteiger partial charge in [0, 0.05) is 37.6 Å². The van der Waals surface area contributed by atoms with E-state index in [1.54, 1.807) is 18.4 Å². The molecule has 2 unspecified atom stereocenters. The first-order valence-corrected chi connectivity index (χ1v) is 13.0. The lowest BCUT2D eigenvalue weighted by atomic mass is 10.0. The molecule has 2 heterocycles. The highest BCUT2D eigenvalue weighted by Crippen LogP contribution is 2.37. The molecule has 1 amide bonds. The number of benzene rings is 3. The average Bonchev–Trinajstić information content (AvgIpc) is 3.45. The molecule has 5 rings (SSSR count). The topological polar surface area (TPSA) is 60.9 Å². The summed E-state index contributed by atoms with van der Waals surface area (Å²) in [5, 5.41) is 0.976. The Kier molecular flexibility index (Phi) is 7.09. The molecule has 1 fully saturated rings. The summed E-state index contributed by atoms with van der Waals surface area (Å²) >= 11 is 1.61. The van der Waals surface area contributed by atoms with E-state index in [1.165, 1.54) is 0 Å². The maximum absolute atomic E-state index is 12.8. The highest BCUT2D eigenvalue weighted by Gasteiger charge is 2.34. The molecule has 2 atom stereocenters. The Hall–Kier alpha value is -3.58. The first-order valence-electron chi connectivity index (χ1n) is 12.1. The highest BCUT2D eigenvalue weighted by atomic mass is 32.1. The SMILES string of the molecule is COc1ccc(CN2CC(C(C)Oc3cc(OCc4ccccc4)cc4nc(C)sc34)CC2=O)cc1. The molecule has 7 heteroatoms. The number of carbonyl (C=O) groups is 1. The Bertz CT molecular complexity index is 1340. The fourth-order valence-corrected chi connectivity index (χ4v) is 5.37. The highest BCUT2D eigenvalue weighted by molar-refractivity contribution is 7.18. The van der Waals surface area contributed by atoms with Gasteiger partial charge in [0.15, 0.2) is 0 Å². The van der Waals surface area contributed by atoms with Crippen molar-refractivity contribution in [3.8, 4) is 17.2 Å². The van der Waals surface area contributed by atoms with Gasteiger partial charge in [-0.2, -0.15) is 0 Å². The molecule has 0 spiro atoms. The molecule has 6 nitrogen and oxygen atoms in total. The van der Waals surface area contributed by atoms with Crippen LogP contribution < -0.4 is 14.2 Å². The lowest BCUT2D eigenvalue weighted by Gasteiger charge is -2.22. The Morgan fingerprint density at radius 2 is 1.83 bits per heavy atom. The molecule has 0 bridgehead atoms. The number of amides is 1. The van der Waals surface area contributed by atoms with Crippen LogP contribution in [0.4, 0.5) is 0 Å². The molecule has 4 aromatic rings. The van der Waals surface area contributed by atoms with Crippen LogP contribution in [0.25, 0.3) is 10.2 Å². The standard InChI is InChI=1S/C29H30N2O4S/c1-19(23-13-28(32)31(17-23)16-21-9-11-24(33-3)12-10-21)35-27-15-25(14-26-29(27)36-20(2)30-26)34-18-22-7-5-4-6-8-22/h4-12,14-15,19,23H,13,16-18H2,1-3H3. The number of aromatic nitrogens is 1. The van der Waals surface area contributed by atoms with Crippen LogP contribution in [0.5, 0.6) is 17.2 Å². The van der Waals surface area contributed by atoms with Crippen molar-refractivity contribution < 1.29 is 19.0 Å². The monoisotopic (exact) mass is 502 g/mol. The van der Waals surface area contributed by atoms with Gasteiger partial charge in [0.2, 0.25) is 5.91 Å². The van der Waals surface area contributed by atoms with Crippen molar-refractivity contribution in [2.45, 2.75) is 39.5 Å². The Morgan fingerprint density at radius 3 is 2.58 bits per heavy atom. The van der Waals surface area contributed by atoms with Gasteiger partial charge in [-0.1, -0.05) is 42.5 Å². The number of hydrogen-bond acceptors (Lipinski definition) is 6. The minimum Gasteiger partial charge on any atom is -0.497 e. The van der Waals surface area contributed by atoms with Gasteiger partial charge in [-0.3, -0.25) is 4.79 Å². The summed E-state index contributed by atoms with van der Waals surface area (Å²) in [6.45, 7) is 5.78. The normalized spacial score (nSPS) is 16.4. The number of thiazole rings is 1. The Morgan fingerprint density at radius 1 is 1.06 bits per heavy atom. The number of nitrogens with zero attached hydrogens (tertiary/aromatic N) is 2. The van der Waals surface area contributed by atoms with Gasteiger partial charge >= 0.3 is 0 Å². The van der Waals surface area contributed by atoms with E-state index in [9.17, 15) is 4.79 Å². The van der Waals surface area contributed by atoms with Crippen molar-refractivity contribution in [2.24, 2.45) is 5.92 Å². The molecule has 1 aliphatic rings. The number of aryl methyl sites for hydroxylation is 1. The van der Waals surface area contributed by atoms with Gasteiger partial charge in [-0.05, 0) is 37.1 Å². The summed E-state index contributed by atoms with van der Waals surface area (Å²) in [5.41, 5.74) is 3.06. The number of methoxy groups -OCH3 is 1. The molecular weight excluding hydrogens is 472 g/mol. The second-order valence-electron chi connectivity index (χ2n) is 9.19. The summed E-state index contributed by atoms with van der Waals surface area (Å²) in [6.07, 6.45) is 0.344. The van der Waals surface area contributed by atoms with Crippen LogP contribution in [0, 0.1) is 12.8 Å². The third kappa shape index (κ3) is 5.46. The van der Waals surface area contributed by atoms with Gasteiger partial charge in [-0.15, -0.1) is 11.3 Å². The van der Waals surface area contributed by atoms with Crippen molar-refractivity contribution in [3.05, 3.63) is 82.9 Å². The van der Waals surface area contributed by atoms with Crippen LogP contribution in [0.15, 0.2) is 66.7 Å². The summed E-state index contributed by atoms with van der Waals surface area (Å²) in [7, 11) is 1.65. The summed E-state index contributed by atoms with van der Waals surface area (Å²) in [5.74, 6) is 2.56.